The Morgan fingerprint density at radius 3 is 2.54 bits per heavy atom. The number of methoxy groups -OCH3 is 2. The molecule has 0 saturated carbocycles. The zero-order chi connectivity index (χ0) is 16.5. The molecule has 120 valence electrons. The van der Waals surface area contributed by atoms with Crippen LogP contribution < -0.4 is 14.8 Å². The molecule has 2 aromatic heterocycles. The molecule has 7 heteroatoms. The van der Waals surface area contributed by atoms with Crippen molar-refractivity contribution in [3.05, 3.63) is 42.7 Å². The Morgan fingerprint density at radius 1 is 0.958 bits per heavy atom. The minimum Gasteiger partial charge on any atom is -0.493 e. The number of imidazole rings is 1. The predicted octanol–water partition coefficient (Wildman–Crippen LogP) is 3.27. The second-order valence-electron chi connectivity index (χ2n) is 5.17. The van der Waals surface area contributed by atoms with Crippen LogP contribution in [0.15, 0.2) is 42.7 Å². The molecule has 0 aliphatic heterocycles. The second-order valence-corrected chi connectivity index (χ2v) is 5.17. The molecule has 7 nitrogen and oxygen atoms in total. The molecule has 4 rings (SSSR count). The van der Waals surface area contributed by atoms with E-state index in [0.29, 0.717) is 23.3 Å². The van der Waals surface area contributed by atoms with E-state index in [1.54, 1.807) is 14.2 Å². The number of aromatic nitrogens is 4. The Morgan fingerprint density at radius 2 is 1.75 bits per heavy atom. The lowest BCUT2D eigenvalue weighted by molar-refractivity contribution is 0.356. The molecule has 24 heavy (non-hydrogen) atoms. The molecular formula is C17H15N5O2. The monoisotopic (exact) mass is 321 g/mol. The van der Waals surface area contributed by atoms with Crippen LogP contribution in [0.3, 0.4) is 0 Å². The maximum atomic E-state index is 5.37. The first kappa shape index (κ1) is 14.3. The molecule has 2 aromatic carbocycles. The first-order valence-corrected chi connectivity index (χ1v) is 7.37. The summed E-state index contributed by atoms with van der Waals surface area (Å²) in [6.45, 7) is 0. The van der Waals surface area contributed by atoms with Gasteiger partial charge in [-0.2, -0.15) is 0 Å². The molecule has 0 atom stereocenters. The first-order valence-electron chi connectivity index (χ1n) is 7.37. The SMILES string of the molecule is COc1cc2ncnc(Nc3nc4ccccc4[nH]3)c2cc1OC. The molecule has 0 fully saturated rings. The van der Waals surface area contributed by atoms with Crippen LogP contribution in [-0.2, 0) is 0 Å². The third-order valence-corrected chi connectivity index (χ3v) is 3.77. The lowest BCUT2D eigenvalue weighted by Crippen LogP contribution is -1.99. The van der Waals surface area contributed by atoms with Gasteiger partial charge in [0.2, 0.25) is 5.95 Å². The van der Waals surface area contributed by atoms with Crippen LogP contribution in [0.5, 0.6) is 11.5 Å². The van der Waals surface area contributed by atoms with Crippen LogP contribution in [0.1, 0.15) is 0 Å². The number of nitrogens with zero attached hydrogens (tertiary/aromatic N) is 3. The largest absolute Gasteiger partial charge is 0.493 e. The van der Waals surface area contributed by atoms with E-state index in [0.717, 1.165) is 21.9 Å². The van der Waals surface area contributed by atoms with Gasteiger partial charge < -0.3 is 19.8 Å². The average Bonchev–Trinajstić information content (AvgIpc) is 3.03. The van der Waals surface area contributed by atoms with Crippen molar-refractivity contribution in [1.29, 1.82) is 0 Å². The fourth-order valence-corrected chi connectivity index (χ4v) is 2.61. The highest BCUT2D eigenvalue weighted by atomic mass is 16.5. The number of aromatic amines is 1. The summed E-state index contributed by atoms with van der Waals surface area (Å²) in [5.74, 6) is 2.50. The molecule has 4 aromatic rings. The van der Waals surface area contributed by atoms with Crippen LogP contribution in [0.4, 0.5) is 11.8 Å². The summed E-state index contributed by atoms with van der Waals surface area (Å²) in [6.07, 6.45) is 1.50. The van der Waals surface area contributed by atoms with E-state index in [4.69, 9.17) is 9.47 Å². The van der Waals surface area contributed by atoms with Crippen LogP contribution >= 0.6 is 0 Å². The standard InChI is InChI=1S/C17H15N5O2/c1-23-14-7-10-13(8-15(14)24-2)18-9-19-16(10)22-17-20-11-5-3-4-6-12(11)21-17/h3-9H,1-2H3,(H2,18,19,20,21,22). The maximum Gasteiger partial charge on any atom is 0.206 e. The van der Waals surface area contributed by atoms with Crippen LogP contribution in [0.2, 0.25) is 0 Å². The van der Waals surface area contributed by atoms with Crippen molar-refractivity contribution in [2.24, 2.45) is 0 Å². The van der Waals surface area contributed by atoms with E-state index in [-0.39, 0.29) is 0 Å². The van der Waals surface area contributed by atoms with E-state index in [1.807, 2.05) is 36.4 Å². The first-order chi connectivity index (χ1) is 11.8. The zero-order valence-corrected chi connectivity index (χ0v) is 13.2. The van der Waals surface area contributed by atoms with Crippen molar-refractivity contribution in [1.82, 2.24) is 19.9 Å². The topological polar surface area (TPSA) is 85.0 Å². The van der Waals surface area contributed by atoms with Gasteiger partial charge in [-0.1, -0.05) is 12.1 Å². The fourth-order valence-electron chi connectivity index (χ4n) is 2.61. The van der Waals surface area contributed by atoms with Crippen molar-refractivity contribution in [3.8, 4) is 11.5 Å². The van der Waals surface area contributed by atoms with Crippen LogP contribution in [0.25, 0.3) is 21.9 Å². The zero-order valence-electron chi connectivity index (χ0n) is 13.2. The molecule has 0 saturated heterocycles. The van der Waals surface area contributed by atoms with Crippen molar-refractivity contribution >= 4 is 33.7 Å². The minimum atomic E-state index is 0.617. The average molecular weight is 321 g/mol. The highest BCUT2D eigenvalue weighted by Gasteiger charge is 2.12. The van der Waals surface area contributed by atoms with E-state index >= 15 is 0 Å². The van der Waals surface area contributed by atoms with Gasteiger partial charge in [0.1, 0.15) is 12.1 Å². The number of hydrogen-bond acceptors (Lipinski definition) is 6. The highest BCUT2D eigenvalue weighted by Crippen LogP contribution is 2.34. The minimum absolute atomic E-state index is 0.617. The summed E-state index contributed by atoms with van der Waals surface area (Å²) in [6, 6.07) is 11.5. The van der Waals surface area contributed by atoms with Gasteiger partial charge in [-0.25, -0.2) is 15.0 Å². The molecule has 0 aliphatic rings. The van der Waals surface area contributed by atoms with Gasteiger partial charge in [0.25, 0.3) is 0 Å². The van der Waals surface area contributed by atoms with E-state index in [1.165, 1.54) is 6.33 Å². The van der Waals surface area contributed by atoms with Gasteiger partial charge in [-0.3, -0.25) is 0 Å². The van der Waals surface area contributed by atoms with E-state index in [9.17, 15) is 0 Å². The van der Waals surface area contributed by atoms with E-state index < -0.39 is 0 Å². The van der Waals surface area contributed by atoms with Gasteiger partial charge in [0, 0.05) is 11.5 Å². The molecule has 0 amide bonds. The Balaban J connectivity index is 1.80. The Bertz CT molecular complexity index is 995. The molecule has 0 radical (unpaired) electrons. The van der Waals surface area contributed by atoms with Gasteiger partial charge in [0.05, 0.1) is 30.8 Å². The Hall–Kier alpha value is -3.35. The van der Waals surface area contributed by atoms with Gasteiger partial charge in [-0.05, 0) is 18.2 Å². The number of benzene rings is 2. The number of para-hydroxylation sites is 2. The Kier molecular flexibility index (Phi) is 3.38. The van der Waals surface area contributed by atoms with Crippen molar-refractivity contribution in [2.75, 3.05) is 19.5 Å². The Labute approximate surface area is 137 Å². The molecule has 2 heterocycles. The maximum absolute atomic E-state index is 5.37. The normalized spacial score (nSPS) is 10.9. The molecular weight excluding hydrogens is 306 g/mol. The smallest absolute Gasteiger partial charge is 0.206 e. The lowest BCUT2D eigenvalue weighted by atomic mass is 10.2. The van der Waals surface area contributed by atoms with Gasteiger partial charge in [0.15, 0.2) is 11.5 Å². The quantitative estimate of drug-likeness (QED) is 0.600. The second kappa shape index (κ2) is 5.69. The summed E-state index contributed by atoms with van der Waals surface area (Å²) in [7, 11) is 3.19. The number of anilines is 2. The number of hydrogen-bond donors (Lipinski definition) is 2. The number of ether oxygens (including phenoxy) is 2. The van der Waals surface area contributed by atoms with Crippen molar-refractivity contribution in [3.63, 3.8) is 0 Å². The van der Waals surface area contributed by atoms with Gasteiger partial charge >= 0.3 is 0 Å². The highest BCUT2D eigenvalue weighted by molar-refractivity contribution is 5.93. The number of nitrogens with one attached hydrogen (secondary N) is 2. The summed E-state index contributed by atoms with van der Waals surface area (Å²) in [4.78, 5) is 16.3. The molecule has 0 bridgehead atoms. The number of H-pyrrole nitrogens is 1. The third-order valence-electron chi connectivity index (χ3n) is 3.77. The van der Waals surface area contributed by atoms with Crippen molar-refractivity contribution < 1.29 is 9.47 Å². The number of rotatable bonds is 4. The van der Waals surface area contributed by atoms with Crippen LogP contribution in [0, 0.1) is 0 Å². The van der Waals surface area contributed by atoms with Crippen molar-refractivity contribution in [2.45, 2.75) is 0 Å². The summed E-state index contributed by atoms with van der Waals surface area (Å²) in [5, 5.41) is 4.03. The fraction of sp³-hybridized carbons (Fsp3) is 0.118. The lowest BCUT2D eigenvalue weighted by Gasteiger charge is -2.11. The summed E-state index contributed by atoms with van der Waals surface area (Å²) in [5.41, 5.74) is 2.59. The predicted molar refractivity (Wildman–Crippen MR) is 92.0 cm³/mol. The molecule has 0 aliphatic carbocycles. The van der Waals surface area contributed by atoms with E-state index in [2.05, 4.69) is 25.3 Å². The molecule has 0 unspecified atom stereocenters. The summed E-state index contributed by atoms with van der Waals surface area (Å²) >= 11 is 0. The third kappa shape index (κ3) is 2.36. The van der Waals surface area contributed by atoms with Crippen LogP contribution in [-0.4, -0.2) is 34.2 Å². The molecule has 2 N–H and O–H groups in total. The number of fused-ring (bicyclic) bond motifs is 2. The summed E-state index contributed by atoms with van der Waals surface area (Å²) < 4.78 is 10.7. The molecule has 0 spiro atoms. The van der Waals surface area contributed by atoms with Gasteiger partial charge in [-0.15, -0.1) is 0 Å².